The van der Waals surface area contributed by atoms with Gasteiger partial charge in [0.2, 0.25) is 0 Å². The van der Waals surface area contributed by atoms with Crippen LogP contribution in [0.15, 0.2) is 72.8 Å². The molecule has 0 aliphatic carbocycles. The number of para-hydroxylation sites is 1. The summed E-state index contributed by atoms with van der Waals surface area (Å²) in [6.07, 6.45) is 0. The lowest BCUT2D eigenvalue weighted by Gasteiger charge is -2.15. The molecule has 0 radical (unpaired) electrons. The fraction of sp³-hybridized carbons (Fsp3) is 0.0455. The number of methoxy groups -OCH3 is 1. The molecule has 0 saturated carbocycles. The lowest BCUT2D eigenvalue weighted by atomic mass is 9.89. The van der Waals surface area contributed by atoms with Gasteiger partial charge in [0, 0.05) is 27.4 Å². The maximum absolute atomic E-state index is 12.9. The third-order valence-corrected chi connectivity index (χ3v) is 4.65. The van der Waals surface area contributed by atoms with Gasteiger partial charge in [0.05, 0.1) is 12.7 Å². The first-order chi connectivity index (χ1) is 12.7. The number of ether oxygens (including phenoxy) is 1. The zero-order chi connectivity index (χ0) is 18.1. The van der Waals surface area contributed by atoms with Crippen molar-refractivity contribution in [3.8, 4) is 5.75 Å². The number of amides is 1. The standard InChI is InChI=1S/C22H16ClNO2/c1-26-19-10-6-5-9-16(19)20(14-7-3-2-4-8-14)21-17-13-15(23)11-12-18(17)24-22(21)25/h2-13H,1H3,(H,24,25)/b21-20+. The van der Waals surface area contributed by atoms with Crippen LogP contribution in [-0.2, 0) is 4.79 Å². The van der Waals surface area contributed by atoms with E-state index in [9.17, 15) is 4.79 Å². The van der Waals surface area contributed by atoms with Crippen molar-refractivity contribution < 1.29 is 9.53 Å². The highest BCUT2D eigenvalue weighted by molar-refractivity contribution is 6.39. The first-order valence-corrected chi connectivity index (χ1v) is 8.61. The number of hydrogen-bond acceptors (Lipinski definition) is 2. The number of fused-ring (bicyclic) bond motifs is 1. The highest BCUT2D eigenvalue weighted by Crippen LogP contribution is 2.43. The monoisotopic (exact) mass is 361 g/mol. The summed E-state index contributed by atoms with van der Waals surface area (Å²) in [5.41, 5.74) is 4.78. The molecule has 26 heavy (non-hydrogen) atoms. The number of nitrogens with one attached hydrogen (secondary N) is 1. The molecule has 0 unspecified atom stereocenters. The average molecular weight is 362 g/mol. The second-order valence-corrected chi connectivity index (χ2v) is 6.40. The number of carbonyl (C=O) groups excluding carboxylic acids is 1. The first kappa shape index (κ1) is 16.4. The summed E-state index contributed by atoms with van der Waals surface area (Å²) in [6.45, 7) is 0. The summed E-state index contributed by atoms with van der Waals surface area (Å²) in [4.78, 5) is 12.9. The highest BCUT2D eigenvalue weighted by atomic mass is 35.5. The van der Waals surface area contributed by atoms with Crippen LogP contribution in [0.25, 0.3) is 11.1 Å². The average Bonchev–Trinajstić information content (AvgIpc) is 2.99. The number of rotatable bonds is 3. The van der Waals surface area contributed by atoms with Gasteiger partial charge in [-0.05, 0) is 29.8 Å². The van der Waals surface area contributed by atoms with Crippen LogP contribution in [0.3, 0.4) is 0 Å². The summed E-state index contributed by atoms with van der Waals surface area (Å²) in [5, 5.41) is 3.52. The Morgan fingerprint density at radius 3 is 2.46 bits per heavy atom. The molecule has 4 heteroatoms. The first-order valence-electron chi connectivity index (χ1n) is 8.23. The van der Waals surface area contributed by atoms with Crippen LogP contribution in [0.4, 0.5) is 5.69 Å². The molecule has 4 rings (SSSR count). The molecule has 0 fully saturated rings. The van der Waals surface area contributed by atoms with Gasteiger partial charge in [-0.15, -0.1) is 0 Å². The zero-order valence-electron chi connectivity index (χ0n) is 14.1. The predicted octanol–water partition coefficient (Wildman–Crippen LogP) is 5.26. The Morgan fingerprint density at radius 2 is 1.69 bits per heavy atom. The maximum Gasteiger partial charge on any atom is 0.257 e. The molecule has 0 aromatic heterocycles. The molecule has 3 aromatic rings. The van der Waals surface area contributed by atoms with E-state index >= 15 is 0 Å². The van der Waals surface area contributed by atoms with E-state index in [1.165, 1.54) is 0 Å². The summed E-state index contributed by atoms with van der Waals surface area (Å²) < 4.78 is 5.56. The molecule has 1 heterocycles. The molecular formula is C22H16ClNO2. The van der Waals surface area contributed by atoms with Crippen molar-refractivity contribution in [2.45, 2.75) is 0 Å². The van der Waals surface area contributed by atoms with E-state index in [1.807, 2.05) is 66.7 Å². The van der Waals surface area contributed by atoms with Gasteiger partial charge in [-0.3, -0.25) is 4.79 Å². The van der Waals surface area contributed by atoms with E-state index in [1.54, 1.807) is 13.2 Å². The number of benzene rings is 3. The Balaban J connectivity index is 2.09. The number of halogens is 1. The molecule has 1 aliphatic rings. The second kappa shape index (κ2) is 6.70. The summed E-state index contributed by atoms with van der Waals surface area (Å²) >= 11 is 6.21. The normalized spacial score (nSPS) is 14.6. The molecule has 3 aromatic carbocycles. The minimum Gasteiger partial charge on any atom is -0.496 e. The van der Waals surface area contributed by atoms with Crippen LogP contribution in [0.2, 0.25) is 5.02 Å². The van der Waals surface area contributed by atoms with Crippen molar-refractivity contribution in [1.82, 2.24) is 0 Å². The molecule has 0 atom stereocenters. The van der Waals surface area contributed by atoms with Crippen LogP contribution in [-0.4, -0.2) is 13.0 Å². The molecule has 3 nitrogen and oxygen atoms in total. The smallest absolute Gasteiger partial charge is 0.257 e. The van der Waals surface area contributed by atoms with E-state index in [4.69, 9.17) is 16.3 Å². The third-order valence-electron chi connectivity index (χ3n) is 4.41. The minimum absolute atomic E-state index is 0.146. The number of anilines is 1. The van der Waals surface area contributed by atoms with Crippen LogP contribution in [0.5, 0.6) is 5.75 Å². The third kappa shape index (κ3) is 2.76. The van der Waals surface area contributed by atoms with Gasteiger partial charge in [-0.2, -0.15) is 0 Å². The minimum atomic E-state index is -0.146. The highest BCUT2D eigenvalue weighted by Gasteiger charge is 2.29. The van der Waals surface area contributed by atoms with E-state index in [2.05, 4.69) is 5.32 Å². The lowest BCUT2D eigenvalue weighted by molar-refractivity contribution is -0.110. The quantitative estimate of drug-likeness (QED) is 0.646. The second-order valence-electron chi connectivity index (χ2n) is 5.96. The van der Waals surface area contributed by atoms with Crippen LogP contribution in [0, 0.1) is 0 Å². The van der Waals surface area contributed by atoms with E-state index < -0.39 is 0 Å². The summed E-state index contributed by atoms with van der Waals surface area (Å²) in [7, 11) is 1.63. The molecule has 128 valence electrons. The van der Waals surface area contributed by atoms with Gasteiger partial charge < -0.3 is 10.1 Å². The number of carbonyl (C=O) groups is 1. The molecular weight excluding hydrogens is 346 g/mol. The Morgan fingerprint density at radius 1 is 0.962 bits per heavy atom. The van der Waals surface area contributed by atoms with Gasteiger partial charge in [0.15, 0.2) is 0 Å². The Hall–Kier alpha value is -3.04. The van der Waals surface area contributed by atoms with Gasteiger partial charge in [0.25, 0.3) is 5.91 Å². The van der Waals surface area contributed by atoms with Gasteiger partial charge >= 0.3 is 0 Å². The Kier molecular flexibility index (Phi) is 4.23. The number of hydrogen-bond donors (Lipinski definition) is 1. The molecule has 0 spiro atoms. The Bertz CT molecular complexity index is 1030. The largest absolute Gasteiger partial charge is 0.496 e. The van der Waals surface area contributed by atoms with Crippen molar-refractivity contribution in [3.05, 3.63) is 94.5 Å². The maximum atomic E-state index is 12.9. The lowest BCUT2D eigenvalue weighted by Crippen LogP contribution is -2.07. The fourth-order valence-electron chi connectivity index (χ4n) is 3.28. The van der Waals surface area contributed by atoms with Crippen molar-refractivity contribution in [3.63, 3.8) is 0 Å². The molecule has 0 saturated heterocycles. The molecule has 1 aliphatic heterocycles. The van der Waals surface area contributed by atoms with Crippen LogP contribution in [0.1, 0.15) is 16.7 Å². The fourth-order valence-corrected chi connectivity index (χ4v) is 3.45. The zero-order valence-corrected chi connectivity index (χ0v) is 14.9. The summed E-state index contributed by atoms with van der Waals surface area (Å²) in [5.74, 6) is 0.564. The van der Waals surface area contributed by atoms with Gasteiger partial charge in [0.1, 0.15) is 5.75 Å². The van der Waals surface area contributed by atoms with Crippen molar-refractivity contribution >= 4 is 34.3 Å². The topological polar surface area (TPSA) is 38.3 Å². The predicted molar refractivity (Wildman–Crippen MR) is 105 cm³/mol. The van der Waals surface area contributed by atoms with Gasteiger partial charge in [-0.1, -0.05) is 60.1 Å². The van der Waals surface area contributed by atoms with E-state index in [0.29, 0.717) is 16.3 Å². The van der Waals surface area contributed by atoms with E-state index in [0.717, 1.165) is 28.0 Å². The van der Waals surface area contributed by atoms with E-state index in [-0.39, 0.29) is 5.91 Å². The molecule has 1 N–H and O–H groups in total. The molecule has 0 bridgehead atoms. The van der Waals surface area contributed by atoms with Crippen molar-refractivity contribution in [1.29, 1.82) is 0 Å². The SMILES string of the molecule is COc1ccccc1/C(=C1/C(=O)Nc2ccc(Cl)cc21)c1ccccc1. The van der Waals surface area contributed by atoms with Crippen LogP contribution >= 0.6 is 11.6 Å². The van der Waals surface area contributed by atoms with Crippen molar-refractivity contribution in [2.24, 2.45) is 0 Å². The van der Waals surface area contributed by atoms with Gasteiger partial charge in [-0.25, -0.2) is 0 Å². The van der Waals surface area contributed by atoms with Crippen LogP contribution < -0.4 is 10.1 Å². The Labute approximate surface area is 156 Å². The summed E-state index contributed by atoms with van der Waals surface area (Å²) in [6, 6.07) is 23.0. The molecule has 1 amide bonds. The van der Waals surface area contributed by atoms with Crippen molar-refractivity contribution in [2.75, 3.05) is 12.4 Å².